The molecule has 0 radical (unpaired) electrons. The second-order valence-corrected chi connectivity index (χ2v) is 4.85. The summed E-state index contributed by atoms with van der Waals surface area (Å²) in [6.07, 6.45) is 1.39. The predicted octanol–water partition coefficient (Wildman–Crippen LogP) is 1.57. The molecule has 0 bridgehead atoms. The molecule has 6 heteroatoms. The van der Waals surface area contributed by atoms with Gasteiger partial charge in [-0.3, -0.25) is 9.59 Å². The minimum Gasteiger partial charge on any atom is -0.378 e. The third kappa shape index (κ3) is 3.93. The summed E-state index contributed by atoms with van der Waals surface area (Å²) in [5, 5.41) is 12.0. The lowest BCUT2D eigenvalue weighted by Crippen LogP contribution is -2.41. The number of hydrogen-bond donors (Lipinski definition) is 1. The molecule has 22 heavy (non-hydrogen) atoms. The summed E-state index contributed by atoms with van der Waals surface area (Å²) in [6, 6.07) is 8.74. The Labute approximate surface area is 129 Å². The highest BCUT2D eigenvalue weighted by molar-refractivity contribution is 5.97. The summed E-state index contributed by atoms with van der Waals surface area (Å²) >= 11 is 0. The van der Waals surface area contributed by atoms with Crippen LogP contribution in [-0.4, -0.2) is 42.9 Å². The van der Waals surface area contributed by atoms with Crippen molar-refractivity contribution in [2.45, 2.75) is 6.92 Å². The smallest absolute Gasteiger partial charge is 0.266 e. The first-order valence-electron chi connectivity index (χ1n) is 6.96. The van der Waals surface area contributed by atoms with E-state index < -0.39 is 0 Å². The van der Waals surface area contributed by atoms with E-state index in [1.807, 2.05) is 6.07 Å². The summed E-state index contributed by atoms with van der Waals surface area (Å²) in [6.45, 7) is 3.46. The van der Waals surface area contributed by atoms with E-state index in [1.165, 1.54) is 13.1 Å². The van der Waals surface area contributed by atoms with E-state index in [1.54, 1.807) is 29.2 Å². The number of ketones is 1. The molecule has 0 atom stereocenters. The van der Waals surface area contributed by atoms with E-state index in [2.05, 4.69) is 5.32 Å². The number of nitrogens with one attached hydrogen (secondary N) is 1. The average molecular weight is 299 g/mol. The first-order valence-corrected chi connectivity index (χ1v) is 6.96. The topological polar surface area (TPSA) is 82.4 Å². The highest BCUT2D eigenvalue weighted by Gasteiger charge is 2.20. The standard InChI is InChI=1S/C16H17N3O3/c1-12(20)13-2-4-15(5-3-13)18-11-14(10-17)16(21)19-6-8-22-9-7-19/h2-5,11,18H,6-9H2,1H3/b14-11-. The Balaban J connectivity index is 2.04. The van der Waals surface area contributed by atoms with Gasteiger partial charge in [0.2, 0.25) is 0 Å². The molecule has 1 N–H and O–H groups in total. The maximum atomic E-state index is 12.2. The van der Waals surface area contributed by atoms with E-state index in [9.17, 15) is 9.59 Å². The van der Waals surface area contributed by atoms with E-state index in [0.717, 1.165) is 0 Å². The number of rotatable bonds is 4. The van der Waals surface area contributed by atoms with Gasteiger partial charge in [0.05, 0.1) is 13.2 Å². The molecule has 1 aromatic carbocycles. The lowest BCUT2D eigenvalue weighted by molar-refractivity contribution is -0.130. The third-order valence-corrected chi connectivity index (χ3v) is 3.32. The van der Waals surface area contributed by atoms with Crippen LogP contribution in [0.4, 0.5) is 5.69 Å². The highest BCUT2D eigenvalue weighted by Crippen LogP contribution is 2.11. The number of hydrogen-bond acceptors (Lipinski definition) is 5. The van der Waals surface area contributed by atoms with E-state index in [0.29, 0.717) is 37.6 Å². The number of Topliss-reactive ketones (excluding diaryl/α,β-unsaturated/α-hetero) is 1. The lowest BCUT2D eigenvalue weighted by Gasteiger charge is -2.26. The molecule has 114 valence electrons. The van der Waals surface area contributed by atoms with Crippen LogP contribution in [0.1, 0.15) is 17.3 Å². The molecule has 0 saturated carbocycles. The highest BCUT2D eigenvalue weighted by atomic mass is 16.5. The number of morpholine rings is 1. The number of carbonyl (C=O) groups excluding carboxylic acids is 2. The van der Waals surface area contributed by atoms with Gasteiger partial charge in [-0.25, -0.2) is 0 Å². The summed E-state index contributed by atoms with van der Waals surface area (Å²) < 4.78 is 5.18. The van der Waals surface area contributed by atoms with Crippen molar-refractivity contribution >= 4 is 17.4 Å². The Bertz CT molecular complexity index is 623. The van der Waals surface area contributed by atoms with Crippen LogP contribution in [0, 0.1) is 11.3 Å². The lowest BCUT2D eigenvalue weighted by atomic mass is 10.1. The zero-order valence-electron chi connectivity index (χ0n) is 12.3. The molecular weight excluding hydrogens is 282 g/mol. The number of benzene rings is 1. The first kappa shape index (κ1) is 15.7. The monoisotopic (exact) mass is 299 g/mol. The van der Waals surface area contributed by atoms with Crippen LogP contribution < -0.4 is 5.32 Å². The van der Waals surface area contributed by atoms with Crippen LogP contribution in [0.5, 0.6) is 0 Å². The molecule has 0 unspecified atom stereocenters. The van der Waals surface area contributed by atoms with Crippen LogP contribution in [0.2, 0.25) is 0 Å². The van der Waals surface area contributed by atoms with Crippen LogP contribution in [-0.2, 0) is 9.53 Å². The van der Waals surface area contributed by atoms with E-state index in [-0.39, 0.29) is 17.3 Å². The number of ether oxygens (including phenoxy) is 1. The quantitative estimate of drug-likeness (QED) is 0.518. The van der Waals surface area contributed by atoms with Crippen molar-refractivity contribution in [3.63, 3.8) is 0 Å². The Morgan fingerprint density at radius 1 is 1.27 bits per heavy atom. The number of nitrogens with zero attached hydrogens (tertiary/aromatic N) is 2. The number of amides is 1. The van der Waals surface area contributed by atoms with Crippen LogP contribution in [0.15, 0.2) is 36.0 Å². The first-order chi connectivity index (χ1) is 10.6. The summed E-state index contributed by atoms with van der Waals surface area (Å²) in [4.78, 5) is 25.0. The molecule has 1 aromatic rings. The predicted molar refractivity (Wildman–Crippen MR) is 81.2 cm³/mol. The van der Waals surface area contributed by atoms with Crippen molar-refractivity contribution in [1.29, 1.82) is 5.26 Å². The number of carbonyl (C=O) groups is 2. The molecule has 1 fully saturated rings. The average Bonchev–Trinajstić information content (AvgIpc) is 2.56. The molecule has 0 spiro atoms. The molecular formula is C16H17N3O3. The Kier molecular flexibility index (Phi) is 5.28. The largest absolute Gasteiger partial charge is 0.378 e. The molecule has 6 nitrogen and oxygen atoms in total. The fraction of sp³-hybridized carbons (Fsp3) is 0.312. The molecule has 1 aliphatic rings. The van der Waals surface area contributed by atoms with Gasteiger partial charge in [-0.1, -0.05) is 0 Å². The number of nitriles is 1. The third-order valence-electron chi connectivity index (χ3n) is 3.32. The van der Waals surface area contributed by atoms with Gasteiger partial charge >= 0.3 is 0 Å². The summed E-state index contributed by atoms with van der Waals surface area (Å²) in [5.74, 6) is -0.319. The van der Waals surface area contributed by atoms with Crippen molar-refractivity contribution in [2.75, 3.05) is 31.6 Å². The number of anilines is 1. The minimum atomic E-state index is -0.307. The molecule has 1 amide bonds. The van der Waals surface area contributed by atoms with Crippen molar-refractivity contribution in [2.24, 2.45) is 0 Å². The van der Waals surface area contributed by atoms with E-state index in [4.69, 9.17) is 10.00 Å². The molecule has 0 aliphatic carbocycles. The minimum absolute atomic E-state index is 0.0118. The molecule has 1 heterocycles. The van der Waals surface area contributed by atoms with Gasteiger partial charge in [0.25, 0.3) is 5.91 Å². The second kappa shape index (κ2) is 7.38. The van der Waals surface area contributed by atoms with Crippen LogP contribution >= 0.6 is 0 Å². The second-order valence-electron chi connectivity index (χ2n) is 4.85. The fourth-order valence-electron chi connectivity index (χ4n) is 2.04. The van der Waals surface area contributed by atoms with Gasteiger partial charge in [0, 0.05) is 30.5 Å². The van der Waals surface area contributed by atoms with Gasteiger partial charge in [0.1, 0.15) is 11.6 Å². The van der Waals surface area contributed by atoms with Crippen molar-refractivity contribution in [3.8, 4) is 6.07 Å². The zero-order valence-corrected chi connectivity index (χ0v) is 12.3. The van der Waals surface area contributed by atoms with Gasteiger partial charge in [0.15, 0.2) is 5.78 Å². The molecule has 1 saturated heterocycles. The maximum Gasteiger partial charge on any atom is 0.266 e. The van der Waals surface area contributed by atoms with Gasteiger partial charge in [-0.05, 0) is 31.2 Å². The summed E-state index contributed by atoms with van der Waals surface area (Å²) in [5.41, 5.74) is 1.35. The zero-order chi connectivity index (χ0) is 15.9. The fourth-order valence-corrected chi connectivity index (χ4v) is 2.04. The molecule has 0 aromatic heterocycles. The Hall–Kier alpha value is -2.65. The Morgan fingerprint density at radius 2 is 1.91 bits per heavy atom. The maximum absolute atomic E-state index is 12.2. The normalized spacial score (nSPS) is 15.1. The van der Waals surface area contributed by atoms with Gasteiger partial charge in [-0.2, -0.15) is 5.26 Å². The van der Waals surface area contributed by atoms with Crippen LogP contribution in [0.25, 0.3) is 0 Å². The SMILES string of the molecule is CC(=O)c1ccc(N/C=C(/C#N)C(=O)N2CCOCC2)cc1. The van der Waals surface area contributed by atoms with Crippen molar-refractivity contribution < 1.29 is 14.3 Å². The molecule has 1 aliphatic heterocycles. The van der Waals surface area contributed by atoms with Crippen LogP contribution in [0.3, 0.4) is 0 Å². The van der Waals surface area contributed by atoms with Gasteiger partial charge < -0.3 is 15.0 Å². The Morgan fingerprint density at radius 3 is 2.45 bits per heavy atom. The summed E-state index contributed by atoms with van der Waals surface area (Å²) in [7, 11) is 0. The molecule has 2 rings (SSSR count). The van der Waals surface area contributed by atoms with Crippen molar-refractivity contribution in [3.05, 3.63) is 41.6 Å². The van der Waals surface area contributed by atoms with E-state index >= 15 is 0 Å². The van der Waals surface area contributed by atoms with Gasteiger partial charge in [-0.15, -0.1) is 0 Å². The van der Waals surface area contributed by atoms with Crippen molar-refractivity contribution in [1.82, 2.24) is 4.90 Å².